The van der Waals surface area contributed by atoms with Crippen LogP contribution >= 0.6 is 11.3 Å². The highest BCUT2D eigenvalue weighted by atomic mass is 32.1. The van der Waals surface area contributed by atoms with E-state index < -0.39 is 17.4 Å². The highest BCUT2D eigenvalue weighted by Crippen LogP contribution is 2.23. The minimum absolute atomic E-state index is 0.0131. The molecule has 0 unspecified atom stereocenters. The number of carbonyl (C=O) groups excluding carboxylic acids is 2. The summed E-state index contributed by atoms with van der Waals surface area (Å²) in [6.07, 6.45) is 0. The standard InChI is InChI=1S/C16H15N3O4S/c1-9-6-10(2)19(15(21)11(9)7-17)8-13(20)18-12-4-5-24-14(12)16(22)23-3/h4-6H,8H2,1-3H3,(H,18,20). The highest BCUT2D eigenvalue weighted by molar-refractivity contribution is 7.12. The van der Waals surface area contributed by atoms with E-state index in [4.69, 9.17) is 5.26 Å². The van der Waals surface area contributed by atoms with Crippen molar-refractivity contribution in [1.82, 2.24) is 4.57 Å². The van der Waals surface area contributed by atoms with Crippen molar-refractivity contribution in [3.05, 3.63) is 49.6 Å². The molecule has 2 aromatic rings. The maximum atomic E-state index is 12.3. The lowest BCUT2D eigenvalue weighted by Gasteiger charge is -2.12. The third-order valence-corrected chi connectivity index (χ3v) is 4.32. The zero-order chi connectivity index (χ0) is 17.9. The number of methoxy groups -OCH3 is 1. The number of nitrogens with one attached hydrogen (secondary N) is 1. The normalized spacial score (nSPS) is 10.1. The lowest BCUT2D eigenvalue weighted by atomic mass is 10.1. The van der Waals surface area contributed by atoms with E-state index in [0.29, 0.717) is 16.9 Å². The van der Waals surface area contributed by atoms with Gasteiger partial charge in [-0.15, -0.1) is 11.3 Å². The van der Waals surface area contributed by atoms with Crippen LogP contribution in [0.5, 0.6) is 0 Å². The van der Waals surface area contributed by atoms with Crippen LogP contribution in [-0.4, -0.2) is 23.6 Å². The summed E-state index contributed by atoms with van der Waals surface area (Å²) in [5.41, 5.74) is 0.977. The van der Waals surface area contributed by atoms with Gasteiger partial charge in [0.2, 0.25) is 5.91 Å². The lowest BCUT2D eigenvalue weighted by molar-refractivity contribution is -0.116. The number of rotatable bonds is 4. The highest BCUT2D eigenvalue weighted by Gasteiger charge is 2.17. The molecule has 2 rings (SSSR count). The summed E-state index contributed by atoms with van der Waals surface area (Å²) < 4.78 is 5.87. The number of aryl methyl sites for hydroxylation is 2. The van der Waals surface area contributed by atoms with Gasteiger partial charge < -0.3 is 14.6 Å². The van der Waals surface area contributed by atoms with Gasteiger partial charge in [-0.3, -0.25) is 9.59 Å². The molecular weight excluding hydrogens is 330 g/mol. The molecule has 0 aliphatic rings. The smallest absolute Gasteiger partial charge is 0.350 e. The van der Waals surface area contributed by atoms with Gasteiger partial charge in [0.05, 0.1) is 12.8 Å². The van der Waals surface area contributed by atoms with Crippen molar-refractivity contribution >= 4 is 28.9 Å². The number of ether oxygens (including phenoxy) is 1. The summed E-state index contributed by atoms with van der Waals surface area (Å²) >= 11 is 1.14. The molecule has 2 heterocycles. The monoisotopic (exact) mass is 345 g/mol. The second kappa shape index (κ2) is 7.10. The van der Waals surface area contributed by atoms with Crippen molar-refractivity contribution in [3.63, 3.8) is 0 Å². The second-order valence-corrected chi connectivity index (χ2v) is 5.97. The fourth-order valence-electron chi connectivity index (χ4n) is 2.25. The number of hydrogen-bond donors (Lipinski definition) is 1. The molecule has 0 aromatic carbocycles. The molecule has 0 saturated heterocycles. The van der Waals surface area contributed by atoms with E-state index in [2.05, 4.69) is 10.1 Å². The van der Waals surface area contributed by atoms with Crippen molar-refractivity contribution in [3.8, 4) is 6.07 Å². The van der Waals surface area contributed by atoms with Crippen LogP contribution in [-0.2, 0) is 16.1 Å². The van der Waals surface area contributed by atoms with Crippen molar-refractivity contribution in [2.75, 3.05) is 12.4 Å². The third-order valence-electron chi connectivity index (χ3n) is 3.43. The molecule has 24 heavy (non-hydrogen) atoms. The van der Waals surface area contributed by atoms with E-state index in [9.17, 15) is 14.4 Å². The van der Waals surface area contributed by atoms with Crippen LogP contribution < -0.4 is 10.9 Å². The number of anilines is 1. The molecular formula is C16H15N3O4S. The molecule has 124 valence electrons. The molecule has 1 amide bonds. The van der Waals surface area contributed by atoms with Gasteiger partial charge in [-0.25, -0.2) is 4.79 Å². The predicted octanol–water partition coefficient (Wildman–Crippen LogP) is 1.82. The van der Waals surface area contributed by atoms with Crippen LogP contribution in [0.3, 0.4) is 0 Å². The first kappa shape index (κ1) is 17.4. The van der Waals surface area contributed by atoms with E-state index in [1.165, 1.54) is 11.7 Å². The number of nitrogens with zero attached hydrogens (tertiary/aromatic N) is 2. The van der Waals surface area contributed by atoms with Gasteiger partial charge in [0, 0.05) is 5.69 Å². The molecule has 8 heteroatoms. The van der Waals surface area contributed by atoms with Gasteiger partial charge in [0.25, 0.3) is 5.56 Å². The molecule has 0 aliphatic heterocycles. The molecule has 2 aromatic heterocycles. The Balaban J connectivity index is 2.26. The Labute approximate surface area is 142 Å². The number of amides is 1. The van der Waals surface area contributed by atoms with Crippen molar-refractivity contribution < 1.29 is 14.3 Å². The molecule has 0 bridgehead atoms. The van der Waals surface area contributed by atoms with Crippen molar-refractivity contribution in [2.45, 2.75) is 20.4 Å². The van der Waals surface area contributed by atoms with Crippen LogP contribution in [0.1, 0.15) is 26.5 Å². The average molecular weight is 345 g/mol. The van der Waals surface area contributed by atoms with E-state index in [1.54, 1.807) is 31.4 Å². The molecule has 0 aliphatic carbocycles. The van der Waals surface area contributed by atoms with Gasteiger partial charge in [-0.2, -0.15) is 5.26 Å². The van der Waals surface area contributed by atoms with E-state index >= 15 is 0 Å². The maximum absolute atomic E-state index is 12.3. The van der Waals surface area contributed by atoms with Gasteiger partial charge in [0.1, 0.15) is 23.1 Å². The molecule has 0 atom stereocenters. The van der Waals surface area contributed by atoms with Gasteiger partial charge in [-0.1, -0.05) is 0 Å². The topological polar surface area (TPSA) is 101 Å². The molecule has 1 N–H and O–H groups in total. The number of hydrogen-bond acceptors (Lipinski definition) is 6. The Hall–Kier alpha value is -2.92. The SMILES string of the molecule is COC(=O)c1sccc1NC(=O)Cn1c(C)cc(C)c(C#N)c1=O. The Bertz CT molecular complexity index is 905. The molecule has 0 spiro atoms. The predicted molar refractivity (Wildman–Crippen MR) is 89.2 cm³/mol. The Morgan fingerprint density at radius 2 is 2.12 bits per heavy atom. The molecule has 7 nitrogen and oxygen atoms in total. The number of esters is 1. The van der Waals surface area contributed by atoms with Gasteiger partial charge in [0.15, 0.2) is 0 Å². The first-order valence-electron chi connectivity index (χ1n) is 6.95. The first-order valence-corrected chi connectivity index (χ1v) is 7.83. The minimum Gasteiger partial charge on any atom is -0.465 e. The van der Waals surface area contributed by atoms with E-state index in [-0.39, 0.29) is 17.0 Å². The number of nitriles is 1. The summed E-state index contributed by atoms with van der Waals surface area (Å²) in [7, 11) is 1.26. The summed E-state index contributed by atoms with van der Waals surface area (Å²) in [5.74, 6) is -1.02. The number of thiophene rings is 1. The molecule has 0 saturated carbocycles. The quantitative estimate of drug-likeness (QED) is 0.852. The minimum atomic E-state index is -0.546. The van der Waals surface area contributed by atoms with Crippen LogP contribution in [0.25, 0.3) is 0 Å². The van der Waals surface area contributed by atoms with E-state index in [0.717, 1.165) is 11.3 Å². The maximum Gasteiger partial charge on any atom is 0.350 e. The van der Waals surface area contributed by atoms with Gasteiger partial charge >= 0.3 is 5.97 Å². The Morgan fingerprint density at radius 1 is 1.42 bits per heavy atom. The Morgan fingerprint density at radius 3 is 2.75 bits per heavy atom. The number of carbonyl (C=O) groups is 2. The average Bonchev–Trinajstić information content (AvgIpc) is 2.99. The summed E-state index contributed by atoms with van der Waals surface area (Å²) in [6, 6.07) is 5.12. The lowest BCUT2D eigenvalue weighted by Crippen LogP contribution is -2.31. The number of pyridine rings is 1. The summed E-state index contributed by atoms with van der Waals surface area (Å²) in [6.45, 7) is 3.11. The van der Waals surface area contributed by atoms with Crippen LogP contribution in [0.15, 0.2) is 22.3 Å². The Kier molecular flexibility index (Phi) is 5.16. The fourth-order valence-corrected chi connectivity index (χ4v) is 3.02. The largest absolute Gasteiger partial charge is 0.465 e. The zero-order valence-corrected chi connectivity index (χ0v) is 14.2. The first-order chi connectivity index (χ1) is 11.4. The molecule has 0 fully saturated rings. The summed E-state index contributed by atoms with van der Waals surface area (Å²) in [5, 5.41) is 13.3. The summed E-state index contributed by atoms with van der Waals surface area (Å²) in [4.78, 5) is 36.4. The van der Waals surface area contributed by atoms with E-state index in [1.807, 2.05) is 6.07 Å². The van der Waals surface area contributed by atoms with Crippen LogP contribution in [0.4, 0.5) is 5.69 Å². The fraction of sp³-hybridized carbons (Fsp3) is 0.250. The second-order valence-electron chi connectivity index (χ2n) is 5.05. The van der Waals surface area contributed by atoms with Crippen LogP contribution in [0, 0.1) is 25.2 Å². The number of aromatic nitrogens is 1. The zero-order valence-electron chi connectivity index (χ0n) is 13.4. The third kappa shape index (κ3) is 3.36. The van der Waals surface area contributed by atoms with Gasteiger partial charge in [-0.05, 0) is 36.9 Å². The molecule has 0 radical (unpaired) electrons. The van der Waals surface area contributed by atoms with Crippen molar-refractivity contribution in [1.29, 1.82) is 5.26 Å². The van der Waals surface area contributed by atoms with Crippen molar-refractivity contribution in [2.24, 2.45) is 0 Å². The van der Waals surface area contributed by atoms with Crippen LogP contribution in [0.2, 0.25) is 0 Å².